The number of hydrogen-bond acceptors (Lipinski definition) is 6. The van der Waals surface area contributed by atoms with Crippen LogP contribution in [0, 0.1) is 5.82 Å². The van der Waals surface area contributed by atoms with Crippen molar-refractivity contribution in [2.24, 2.45) is 0 Å². The number of nitrogen functional groups attached to an aromatic ring is 1. The second kappa shape index (κ2) is 8.17. The van der Waals surface area contributed by atoms with Gasteiger partial charge in [0.05, 0.1) is 13.2 Å². The number of ether oxygens (including phenoxy) is 1. The number of benzene rings is 2. The van der Waals surface area contributed by atoms with E-state index in [-0.39, 0.29) is 17.7 Å². The number of nitrogens with two attached hydrogens (primary N) is 1. The molecule has 0 aliphatic carbocycles. The van der Waals surface area contributed by atoms with E-state index in [0.717, 1.165) is 11.3 Å². The molecule has 0 radical (unpaired) electrons. The van der Waals surface area contributed by atoms with Crippen LogP contribution in [0.15, 0.2) is 53.1 Å². The van der Waals surface area contributed by atoms with Crippen molar-refractivity contribution in [2.45, 2.75) is 12.5 Å². The number of nitrogens with zero attached hydrogens (tertiary/aromatic N) is 2. The predicted molar refractivity (Wildman–Crippen MR) is 96.7 cm³/mol. The predicted octanol–water partition coefficient (Wildman–Crippen LogP) is 2.91. The standard InChI is InChI=1S/C18H18FN5O3/c1-26-14-8-2-11(3-9-14)10-15(16-23-17(20)27-24-16)22-18(25)21-13-6-4-12(19)5-7-13/h2-9,15H,10H2,1H3,(H2,20,23,24)(H2,21,22,25). The second-order valence-corrected chi connectivity index (χ2v) is 5.70. The zero-order valence-corrected chi connectivity index (χ0v) is 14.5. The zero-order chi connectivity index (χ0) is 19.2. The lowest BCUT2D eigenvalue weighted by Gasteiger charge is -2.16. The lowest BCUT2D eigenvalue weighted by molar-refractivity contribution is 0.247. The number of amides is 2. The molecule has 8 nitrogen and oxygen atoms in total. The van der Waals surface area contributed by atoms with Crippen molar-refractivity contribution in [2.75, 3.05) is 18.2 Å². The summed E-state index contributed by atoms with van der Waals surface area (Å²) in [5.41, 5.74) is 6.87. The van der Waals surface area contributed by atoms with E-state index in [1.807, 2.05) is 24.3 Å². The first kappa shape index (κ1) is 18.2. The number of aromatic nitrogens is 2. The van der Waals surface area contributed by atoms with Gasteiger partial charge in [0.25, 0.3) is 0 Å². The van der Waals surface area contributed by atoms with E-state index in [1.165, 1.54) is 24.3 Å². The maximum atomic E-state index is 13.0. The van der Waals surface area contributed by atoms with Gasteiger partial charge in [0.1, 0.15) is 11.6 Å². The average molecular weight is 371 g/mol. The molecule has 0 fully saturated rings. The fraction of sp³-hybridized carbons (Fsp3) is 0.167. The van der Waals surface area contributed by atoms with Crippen LogP contribution in [0.4, 0.5) is 20.9 Å². The molecule has 0 saturated carbocycles. The monoisotopic (exact) mass is 371 g/mol. The van der Waals surface area contributed by atoms with E-state index >= 15 is 0 Å². The quantitative estimate of drug-likeness (QED) is 0.614. The van der Waals surface area contributed by atoms with Gasteiger partial charge in [-0.25, -0.2) is 9.18 Å². The van der Waals surface area contributed by atoms with Crippen LogP contribution in [-0.4, -0.2) is 23.3 Å². The molecule has 1 heterocycles. The summed E-state index contributed by atoms with van der Waals surface area (Å²) in [6.07, 6.45) is 0.403. The van der Waals surface area contributed by atoms with Crippen molar-refractivity contribution in [3.05, 3.63) is 65.7 Å². The molecule has 1 unspecified atom stereocenters. The second-order valence-electron chi connectivity index (χ2n) is 5.70. The minimum atomic E-state index is -0.583. The van der Waals surface area contributed by atoms with Crippen molar-refractivity contribution in [3.63, 3.8) is 0 Å². The molecule has 2 aromatic carbocycles. The van der Waals surface area contributed by atoms with Gasteiger partial charge >= 0.3 is 12.0 Å². The number of anilines is 2. The van der Waals surface area contributed by atoms with Gasteiger partial charge in [0.2, 0.25) is 0 Å². The number of carbonyl (C=O) groups is 1. The molecule has 4 N–H and O–H groups in total. The number of urea groups is 1. The highest BCUT2D eigenvalue weighted by Crippen LogP contribution is 2.19. The third-order valence-corrected chi connectivity index (χ3v) is 3.78. The molecule has 0 spiro atoms. The molecule has 0 bridgehead atoms. The van der Waals surface area contributed by atoms with Crippen molar-refractivity contribution < 1.29 is 18.4 Å². The first-order chi connectivity index (χ1) is 13.0. The molecule has 0 aliphatic rings. The maximum Gasteiger partial charge on any atom is 0.319 e. The number of rotatable bonds is 6. The summed E-state index contributed by atoms with van der Waals surface area (Å²) in [6, 6.07) is 11.6. The van der Waals surface area contributed by atoms with Gasteiger partial charge < -0.3 is 25.6 Å². The van der Waals surface area contributed by atoms with E-state index < -0.39 is 12.1 Å². The average Bonchev–Trinajstić information content (AvgIpc) is 3.10. The Hall–Kier alpha value is -3.62. The van der Waals surface area contributed by atoms with Crippen LogP contribution in [0.2, 0.25) is 0 Å². The van der Waals surface area contributed by atoms with Crippen molar-refractivity contribution in [3.8, 4) is 5.75 Å². The van der Waals surface area contributed by atoms with Crippen molar-refractivity contribution in [1.29, 1.82) is 0 Å². The molecule has 1 aromatic heterocycles. The van der Waals surface area contributed by atoms with Crippen LogP contribution >= 0.6 is 0 Å². The summed E-state index contributed by atoms with van der Waals surface area (Å²) in [5.74, 6) is 0.583. The fourth-order valence-electron chi connectivity index (χ4n) is 2.45. The van der Waals surface area contributed by atoms with E-state index in [9.17, 15) is 9.18 Å². The Balaban J connectivity index is 1.73. The summed E-state index contributed by atoms with van der Waals surface area (Å²) < 4.78 is 22.9. The van der Waals surface area contributed by atoms with Crippen LogP contribution in [-0.2, 0) is 6.42 Å². The van der Waals surface area contributed by atoms with Crippen LogP contribution in [0.1, 0.15) is 17.4 Å². The molecule has 0 aliphatic heterocycles. The zero-order valence-electron chi connectivity index (χ0n) is 14.5. The highest BCUT2D eigenvalue weighted by Gasteiger charge is 2.21. The SMILES string of the molecule is COc1ccc(CC(NC(=O)Nc2ccc(F)cc2)c2noc(N)n2)cc1. The Bertz CT molecular complexity index is 896. The lowest BCUT2D eigenvalue weighted by atomic mass is 10.1. The van der Waals surface area contributed by atoms with Crippen molar-refractivity contribution in [1.82, 2.24) is 15.5 Å². The Labute approximate surface area is 154 Å². The molecule has 3 aromatic rings. The van der Waals surface area contributed by atoms with Crippen molar-refractivity contribution >= 4 is 17.7 Å². The summed E-state index contributed by atoms with van der Waals surface area (Å²) >= 11 is 0. The van der Waals surface area contributed by atoms with Gasteiger partial charge in [-0.15, -0.1) is 0 Å². The summed E-state index contributed by atoms with van der Waals surface area (Å²) in [6.45, 7) is 0. The third-order valence-electron chi connectivity index (χ3n) is 3.78. The van der Waals surface area contributed by atoms with Crippen LogP contribution < -0.4 is 21.1 Å². The van der Waals surface area contributed by atoms with Gasteiger partial charge in [-0.1, -0.05) is 17.3 Å². The summed E-state index contributed by atoms with van der Waals surface area (Å²) in [4.78, 5) is 16.3. The molecular weight excluding hydrogens is 353 g/mol. The molecule has 0 saturated heterocycles. The minimum Gasteiger partial charge on any atom is -0.497 e. The molecule has 140 valence electrons. The van der Waals surface area contributed by atoms with Gasteiger partial charge in [0, 0.05) is 12.1 Å². The Morgan fingerprint density at radius 1 is 1.22 bits per heavy atom. The molecule has 9 heteroatoms. The molecular formula is C18H18FN5O3. The fourth-order valence-corrected chi connectivity index (χ4v) is 2.45. The minimum absolute atomic E-state index is 0.0922. The van der Waals surface area contributed by atoms with Gasteiger partial charge in [0.15, 0.2) is 5.82 Å². The number of methoxy groups -OCH3 is 1. The maximum absolute atomic E-state index is 13.0. The highest BCUT2D eigenvalue weighted by molar-refractivity contribution is 5.89. The van der Waals surface area contributed by atoms with Gasteiger partial charge in [-0.2, -0.15) is 4.98 Å². The Morgan fingerprint density at radius 2 is 1.93 bits per heavy atom. The largest absolute Gasteiger partial charge is 0.497 e. The summed E-state index contributed by atoms with van der Waals surface area (Å²) in [7, 11) is 1.58. The van der Waals surface area contributed by atoms with E-state index in [1.54, 1.807) is 7.11 Å². The Kier molecular flexibility index (Phi) is 5.50. The van der Waals surface area contributed by atoms with Crippen LogP contribution in [0.5, 0.6) is 5.75 Å². The number of carbonyl (C=O) groups excluding carboxylic acids is 1. The van der Waals surface area contributed by atoms with Crippen LogP contribution in [0.3, 0.4) is 0 Å². The number of hydrogen-bond donors (Lipinski definition) is 3. The number of halogens is 1. The normalized spacial score (nSPS) is 11.6. The summed E-state index contributed by atoms with van der Waals surface area (Å²) in [5, 5.41) is 9.19. The van der Waals surface area contributed by atoms with Gasteiger partial charge in [-0.05, 0) is 42.0 Å². The first-order valence-corrected chi connectivity index (χ1v) is 8.08. The van der Waals surface area contributed by atoms with E-state index in [2.05, 4.69) is 20.8 Å². The first-order valence-electron chi connectivity index (χ1n) is 8.08. The smallest absolute Gasteiger partial charge is 0.319 e. The van der Waals surface area contributed by atoms with Crippen LogP contribution in [0.25, 0.3) is 0 Å². The lowest BCUT2D eigenvalue weighted by Crippen LogP contribution is -2.34. The number of nitrogens with one attached hydrogen (secondary N) is 2. The molecule has 2 amide bonds. The van der Waals surface area contributed by atoms with E-state index in [4.69, 9.17) is 15.0 Å². The molecule has 27 heavy (non-hydrogen) atoms. The Morgan fingerprint density at radius 3 is 2.52 bits per heavy atom. The molecule has 3 rings (SSSR count). The highest BCUT2D eigenvalue weighted by atomic mass is 19.1. The van der Waals surface area contributed by atoms with Gasteiger partial charge in [-0.3, -0.25) is 0 Å². The van der Waals surface area contributed by atoms with E-state index in [0.29, 0.717) is 12.1 Å². The molecule has 1 atom stereocenters. The third kappa shape index (κ3) is 4.94. The topological polar surface area (TPSA) is 115 Å².